The molecule has 0 spiro atoms. The first-order valence-electron chi connectivity index (χ1n) is 5.62. The smallest absolute Gasteiger partial charge is 0.322 e. The van der Waals surface area contributed by atoms with Gasteiger partial charge in [-0.25, -0.2) is 14.6 Å². The van der Waals surface area contributed by atoms with Crippen LogP contribution >= 0.6 is 0 Å². The summed E-state index contributed by atoms with van der Waals surface area (Å²) >= 11 is 0. The summed E-state index contributed by atoms with van der Waals surface area (Å²) in [5.74, 6) is -0.476. The number of nitrogens with one attached hydrogen (secondary N) is 1. The molecule has 6 nitrogen and oxygen atoms in total. The van der Waals surface area contributed by atoms with E-state index >= 15 is 0 Å². The SMILES string of the molecule is O=C(CCC(F)(F)F)Nc1cncnc1-n1cccn1. The van der Waals surface area contributed by atoms with Crippen LogP contribution in [0.1, 0.15) is 12.8 Å². The van der Waals surface area contributed by atoms with Crippen LogP contribution in [0.25, 0.3) is 5.82 Å². The summed E-state index contributed by atoms with van der Waals surface area (Å²) in [4.78, 5) is 19.1. The van der Waals surface area contributed by atoms with Gasteiger partial charge in [0, 0.05) is 18.8 Å². The van der Waals surface area contributed by atoms with E-state index < -0.39 is 24.9 Å². The summed E-state index contributed by atoms with van der Waals surface area (Å²) in [7, 11) is 0. The molecule has 2 rings (SSSR count). The monoisotopic (exact) mass is 285 g/mol. The third-order valence-corrected chi connectivity index (χ3v) is 2.32. The quantitative estimate of drug-likeness (QED) is 0.931. The van der Waals surface area contributed by atoms with Crippen LogP contribution in [0, 0.1) is 0 Å². The lowest BCUT2D eigenvalue weighted by Crippen LogP contribution is -2.18. The highest BCUT2D eigenvalue weighted by Gasteiger charge is 2.28. The standard InChI is InChI=1S/C11H10F3N5O/c12-11(13,14)3-2-9(20)18-8-6-15-7-16-10(8)19-5-1-4-17-19/h1,4-7H,2-3H2,(H,18,20). The lowest BCUT2D eigenvalue weighted by molar-refractivity contribution is -0.142. The Hall–Kier alpha value is -2.45. The van der Waals surface area contributed by atoms with Gasteiger partial charge in [0.05, 0.1) is 12.6 Å². The van der Waals surface area contributed by atoms with Crippen LogP contribution in [0.4, 0.5) is 18.9 Å². The van der Waals surface area contributed by atoms with Crippen molar-refractivity contribution in [2.24, 2.45) is 0 Å². The van der Waals surface area contributed by atoms with Crippen molar-refractivity contribution >= 4 is 11.6 Å². The summed E-state index contributed by atoms with van der Waals surface area (Å²) < 4.78 is 37.5. The molecular formula is C11H10F3N5O. The third kappa shape index (κ3) is 3.77. The van der Waals surface area contributed by atoms with Crippen molar-refractivity contribution in [3.8, 4) is 5.82 Å². The largest absolute Gasteiger partial charge is 0.389 e. The van der Waals surface area contributed by atoms with Crippen LogP contribution in [-0.2, 0) is 4.79 Å². The molecule has 1 N–H and O–H groups in total. The molecule has 0 aliphatic rings. The van der Waals surface area contributed by atoms with E-state index in [9.17, 15) is 18.0 Å². The second-order valence-corrected chi connectivity index (χ2v) is 3.87. The number of amides is 1. The highest BCUT2D eigenvalue weighted by atomic mass is 19.4. The molecule has 0 aliphatic carbocycles. The molecule has 2 aromatic rings. The fraction of sp³-hybridized carbons (Fsp3) is 0.273. The fourth-order valence-corrected chi connectivity index (χ4v) is 1.46. The topological polar surface area (TPSA) is 72.7 Å². The molecule has 20 heavy (non-hydrogen) atoms. The number of carbonyl (C=O) groups is 1. The van der Waals surface area contributed by atoms with Gasteiger partial charge in [0.1, 0.15) is 12.0 Å². The van der Waals surface area contributed by atoms with E-state index in [2.05, 4.69) is 20.4 Å². The van der Waals surface area contributed by atoms with Crippen LogP contribution in [-0.4, -0.2) is 31.8 Å². The van der Waals surface area contributed by atoms with Crippen LogP contribution in [0.3, 0.4) is 0 Å². The van der Waals surface area contributed by atoms with Gasteiger partial charge in [-0.3, -0.25) is 4.79 Å². The first kappa shape index (κ1) is 14.0. The Kier molecular flexibility index (Phi) is 3.97. The first-order valence-corrected chi connectivity index (χ1v) is 5.62. The van der Waals surface area contributed by atoms with Gasteiger partial charge >= 0.3 is 6.18 Å². The van der Waals surface area contributed by atoms with E-state index in [0.29, 0.717) is 0 Å². The average molecular weight is 285 g/mol. The normalized spacial score (nSPS) is 11.3. The van der Waals surface area contributed by atoms with Crippen molar-refractivity contribution < 1.29 is 18.0 Å². The molecule has 0 aromatic carbocycles. The zero-order valence-corrected chi connectivity index (χ0v) is 10.1. The molecule has 1 amide bonds. The number of nitrogens with zero attached hydrogens (tertiary/aromatic N) is 4. The van der Waals surface area contributed by atoms with E-state index in [1.54, 1.807) is 12.3 Å². The van der Waals surface area contributed by atoms with E-state index in [0.717, 1.165) is 0 Å². The fourth-order valence-electron chi connectivity index (χ4n) is 1.46. The lowest BCUT2D eigenvalue weighted by atomic mass is 10.3. The molecule has 106 valence electrons. The lowest BCUT2D eigenvalue weighted by Gasteiger charge is -2.10. The van der Waals surface area contributed by atoms with Crippen LogP contribution in [0.2, 0.25) is 0 Å². The van der Waals surface area contributed by atoms with E-state index in [4.69, 9.17) is 0 Å². The van der Waals surface area contributed by atoms with Gasteiger partial charge in [0.2, 0.25) is 5.91 Å². The number of halogens is 3. The Morgan fingerprint density at radius 1 is 1.40 bits per heavy atom. The zero-order valence-electron chi connectivity index (χ0n) is 10.1. The van der Waals surface area contributed by atoms with Crippen molar-refractivity contribution in [3.05, 3.63) is 31.0 Å². The summed E-state index contributed by atoms with van der Waals surface area (Å²) in [5.41, 5.74) is 0.198. The summed E-state index contributed by atoms with van der Waals surface area (Å²) in [6, 6.07) is 1.65. The van der Waals surface area contributed by atoms with Gasteiger partial charge in [-0.05, 0) is 6.07 Å². The molecule has 0 saturated carbocycles. The summed E-state index contributed by atoms with van der Waals surface area (Å²) in [6.07, 6.45) is -0.543. The number of rotatable bonds is 4. The number of carbonyl (C=O) groups excluding carboxylic acids is 1. The summed E-state index contributed by atoms with van der Waals surface area (Å²) in [6.45, 7) is 0. The molecular weight excluding hydrogens is 275 g/mol. The van der Waals surface area contributed by atoms with E-state index in [1.807, 2.05) is 0 Å². The highest BCUT2D eigenvalue weighted by molar-refractivity contribution is 5.92. The predicted octanol–water partition coefficient (Wildman–Crippen LogP) is 1.94. The molecule has 0 fully saturated rings. The Morgan fingerprint density at radius 2 is 2.20 bits per heavy atom. The average Bonchev–Trinajstić information content (AvgIpc) is 2.90. The Balaban J connectivity index is 2.08. The number of aromatic nitrogens is 4. The first-order chi connectivity index (χ1) is 9.46. The number of hydrogen-bond donors (Lipinski definition) is 1. The van der Waals surface area contributed by atoms with Gasteiger partial charge in [-0.1, -0.05) is 0 Å². The van der Waals surface area contributed by atoms with Gasteiger partial charge in [0.15, 0.2) is 5.82 Å². The maximum Gasteiger partial charge on any atom is 0.389 e. The molecule has 2 aromatic heterocycles. The molecule has 0 bridgehead atoms. The van der Waals surface area contributed by atoms with Crippen molar-refractivity contribution in [2.75, 3.05) is 5.32 Å². The zero-order chi connectivity index (χ0) is 14.6. The second kappa shape index (κ2) is 5.68. The molecule has 0 saturated heterocycles. The van der Waals surface area contributed by atoms with Gasteiger partial charge in [-0.15, -0.1) is 0 Å². The highest BCUT2D eigenvalue weighted by Crippen LogP contribution is 2.22. The summed E-state index contributed by atoms with van der Waals surface area (Å²) in [5, 5.41) is 6.28. The van der Waals surface area contributed by atoms with Crippen LogP contribution in [0.5, 0.6) is 0 Å². The van der Waals surface area contributed by atoms with Gasteiger partial charge < -0.3 is 5.32 Å². The minimum Gasteiger partial charge on any atom is -0.322 e. The number of alkyl halides is 3. The van der Waals surface area contributed by atoms with E-state index in [-0.39, 0.29) is 11.5 Å². The Labute approximate surface area is 111 Å². The van der Waals surface area contributed by atoms with Crippen molar-refractivity contribution in [1.82, 2.24) is 19.7 Å². The van der Waals surface area contributed by atoms with Crippen LogP contribution in [0.15, 0.2) is 31.0 Å². The molecule has 0 unspecified atom stereocenters. The van der Waals surface area contributed by atoms with Gasteiger partial charge in [-0.2, -0.15) is 18.3 Å². The second-order valence-electron chi connectivity index (χ2n) is 3.87. The van der Waals surface area contributed by atoms with Crippen molar-refractivity contribution in [1.29, 1.82) is 0 Å². The number of anilines is 1. The maximum atomic E-state index is 12.0. The minimum atomic E-state index is -4.37. The predicted molar refractivity (Wildman–Crippen MR) is 63.1 cm³/mol. The number of hydrogen-bond acceptors (Lipinski definition) is 4. The van der Waals surface area contributed by atoms with Gasteiger partial charge in [0.25, 0.3) is 0 Å². The molecule has 0 atom stereocenters. The molecule has 9 heteroatoms. The van der Waals surface area contributed by atoms with Crippen molar-refractivity contribution in [2.45, 2.75) is 19.0 Å². The molecule has 0 radical (unpaired) electrons. The van der Waals surface area contributed by atoms with Crippen molar-refractivity contribution in [3.63, 3.8) is 0 Å². The van der Waals surface area contributed by atoms with Crippen LogP contribution < -0.4 is 5.32 Å². The Morgan fingerprint density at radius 3 is 2.85 bits per heavy atom. The Bertz CT molecular complexity index is 582. The van der Waals surface area contributed by atoms with E-state index in [1.165, 1.54) is 23.4 Å². The molecule has 2 heterocycles. The maximum absolute atomic E-state index is 12.0. The molecule has 0 aliphatic heterocycles. The minimum absolute atomic E-state index is 0.198. The third-order valence-electron chi connectivity index (χ3n) is 2.32.